The summed E-state index contributed by atoms with van der Waals surface area (Å²) < 4.78 is 0. The van der Waals surface area contributed by atoms with E-state index in [-0.39, 0.29) is 11.8 Å². The van der Waals surface area contributed by atoms with Crippen LogP contribution in [0.3, 0.4) is 0 Å². The van der Waals surface area contributed by atoms with Gasteiger partial charge in [-0.3, -0.25) is 4.79 Å². The molecule has 1 unspecified atom stereocenters. The number of nitrogens with two attached hydrogens (primary N) is 1. The van der Waals surface area contributed by atoms with Crippen molar-refractivity contribution in [3.8, 4) is 0 Å². The summed E-state index contributed by atoms with van der Waals surface area (Å²) in [5, 5.41) is 2.93. The zero-order valence-electron chi connectivity index (χ0n) is 10.7. The Morgan fingerprint density at radius 2 is 2.12 bits per heavy atom. The molecular formula is C14H22N2O. The molecule has 1 atom stereocenters. The SMILES string of the molecule is CCCCC(C)C(=O)NCc1ccccc1N. The second kappa shape index (κ2) is 6.94. The Morgan fingerprint density at radius 1 is 1.41 bits per heavy atom. The van der Waals surface area contributed by atoms with Crippen LogP contribution in [0.25, 0.3) is 0 Å². The van der Waals surface area contributed by atoms with Crippen LogP contribution in [0, 0.1) is 5.92 Å². The van der Waals surface area contributed by atoms with Crippen molar-refractivity contribution in [3.63, 3.8) is 0 Å². The van der Waals surface area contributed by atoms with Crippen molar-refractivity contribution < 1.29 is 4.79 Å². The molecule has 0 heterocycles. The minimum Gasteiger partial charge on any atom is -0.398 e. The van der Waals surface area contributed by atoms with Gasteiger partial charge in [-0.1, -0.05) is 44.9 Å². The summed E-state index contributed by atoms with van der Waals surface area (Å²) in [7, 11) is 0. The van der Waals surface area contributed by atoms with Gasteiger partial charge in [0.25, 0.3) is 0 Å². The van der Waals surface area contributed by atoms with E-state index in [0.29, 0.717) is 6.54 Å². The third-order valence-corrected chi connectivity index (χ3v) is 2.95. The van der Waals surface area contributed by atoms with Crippen LogP contribution in [0.15, 0.2) is 24.3 Å². The van der Waals surface area contributed by atoms with Crippen LogP contribution in [-0.4, -0.2) is 5.91 Å². The Bertz CT molecular complexity index is 363. The molecule has 0 saturated heterocycles. The topological polar surface area (TPSA) is 55.1 Å². The number of nitrogen functional groups attached to an aromatic ring is 1. The fraction of sp³-hybridized carbons (Fsp3) is 0.500. The number of carbonyl (C=O) groups excluding carboxylic acids is 1. The number of benzene rings is 1. The van der Waals surface area contributed by atoms with Gasteiger partial charge >= 0.3 is 0 Å². The van der Waals surface area contributed by atoms with Gasteiger partial charge < -0.3 is 11.1 Å². The largest absolute Gasteiger partial charge is 0.398 e. The number of carbonyl (C=O) groups is 1. The van der Waals surface area contributed by atoms with E-state index in [1.165, 1.54) is 0 Å². The number of nitrogens with one attached hydrogen (secondary N) is 1. The molecule has 0 aromatic heterocycles. The predicted octanol–water partition coefficient (Wildman–Crippen LogP) is 2.71. The van der Waals surface area contributed by atoms with Crippen molar-refractivity contribution in [1.29, 1.82) is 0 Å². The minimum absolute atomic E-state index is 0.0832. The third-order valence-electron chi connectivity index (χ3n) is 2.95. The Balaban J connectivity index is 2.40. The van der Waals surface area contributed by atoms with Gasteiger partial charge in [-0.15, -0.1) is 0 Å². The number of para-hydroxylation sites is 1. The summed E-state index contributed by atoms with van der Waals surface area (Å²) >= 11 is 0. The molecule has 1 aromatic carbocycles. The summed E-state index contributed by atoms with van der Waals surface area (Å²) in [6.07, 6.45) is 3.18. The van der Waals surface area contributed by atoms with Gasteiger partial charge in [-0.05, 0) is 18.1 Å². The van der Waals surface area contributed by atoms with E-state index in [1.54, 1.807) is 0 Å². The first-order valence-electron chi connectivity index (χ1n) is 6.26. The lowest BCUT2D eigenvalue weighted by atomic mass is 10.0. The molecule has 3 nitrogen and oxygen atoms in total. The van der Waals surface area contributed by atoms with Crippen molar-refractivity contribution in [2.45, 2.75) is 39.7 Å². The van der Waals surface area contributed by atoms with Crippen LogP contribution in [0.4, 0.5) is 5.69 Å². The van der Waals surface area contributed by atoms with Crippen molar-refractivity contribution in [1.82, 2.24) is 5.32 Å². The quantitative estimate of drug-likeness (QED) is 0.744. The lowest BCUT2D eigenvalue weighted by Gasteiger charge is -2.12. The highest BCUT2D eigenvalue weighted by Gasteiger charge is 2.11. The van der Waals surface area contributed by atoms with Crippen molar-refractivity contribution >= 4 is 11.6 Å². The first-order chi connectivity index (χ1) is 8.15. The maximum Gasteiger partial charge on any atom is 0.223 e. The van der Waals surface area contributed by atoms with Gasteiger partial charge in [0.05, 0.1) is 0 Å². The molecule has 1 rings (SSSR count). The summed E-state index contributed by atoms with van der Waals surface area (Å²) in [6.45, 7) is 4.62. The lowest BCUT2D eigenvalue weighted by molar-refractivity contribution is -0.124. The van der Waals surface area contributed by atoms with Gasteiger partial charge in [-0.2, -0.15) is 0 Å². The average Bonchev–Trinajstić information content (AvgIpc) is 2.34. The zero-order valence-corrected chi connectivity index (χ0v) is 10.7. The van der Waals surface area contributed by atoms with E-state index in [1.807, 2.05) is 31.2 Å². The van der Waals surface area contributed by atoms with Crippen molar-refractivity contribution in [2.75, 3.05) is 5.73 Å². The molecule has 0 saturated carbocycles. The van der Waals surface area contributed by atoms with Crippen LogP contribution in [0.5, 0.6) is 0 Å². The van der Waals surface area contributed by atoms with E-state index in [9.17, 15) is 4.79 Å². The summed E-state index contributed by atoms with van der Waals surface area (Å²) in [5.74, 6) is 0.196. The molecule has 3 heteroatoms. The minimum atomic E-state index is 0.0832. The molecule has 1 amide bonds. The first-order valence-corrected chi connectivity index (χ1v) is 6.26. The fourth-order valence-electron chi connectivity index (χ4n) is 1.69. The summed E-state index contributed by atoms with van der Waals surface area (Å²) in [4.78, 5) is 11.8. The van der Waals surface area contributed by atoms with Gasteiger partial charge in [0, 0.05) is 18.2 Å². The molecule has 0 fully saturated rings. The number of hydrogen-bond acceptors (Lipinski definition) is 2. The van der Waals surface area contributed by atoms with E-state index in [2.05, 4.69) is 12.2 Å². The molecule has 0 aliphatic rings. The molecule has 3 N–H and O–H groups in total. The molecule has 0 aliphatic heterocycles. The molecule has 1 aromatic rings. The monoisotopic (exact) mass is 234 g/mol. The molecule has 0 aliphatic carbocycles. The molecule has 17 heavy (non-hydrogen) atoms. The highest BCUT2D eigenvalue weighted by Crippen LogP contribution is 2.11. The smallest absolute Gasteiger partial charge is 0.223 e. The van der Waals surface area contributed by atoms with Crippen LogP contribution >= 0.6 is 0 Å². The van der Waals surface area contributed by atoms with E-state index >= 15 is 0 Å². The van der Waals surface area contributed by atoms with Crippen molar-refractivity contribution in [2.24, 2.45) is 5.92 Å². The highest BCUT2D eigenvalue weighted by atomic mass is 16.1. The van der Waals surface area contributed by atoms with E-state index < -0.39 is 0 Å². The number of unbranched alkanes of at least 4 members (excludes halogenated alkanes) is 1. The van der Waals surface area contributed by atoms with Gasteiger partial charge in [0.15, 0.2) is 0 Å². The maximum absolute atomic E-state index is 11.8. The number of hydrogen-bond donors (Lipinski definition) is 2. The zero-order chi connectivity index (χ0) is 12.7. The average molecular weight is 234 g/mol. The molecular weight excluding hydrogens is 212 g/mol. The molecule has 0 radical (unpaired) electrons. The molecule has 0 spiro atoms. The number of amides is 1. The second-order valence-corrected chi connectivity index (χ2v) is 4.46. The standard InChI is InChI=1S/C14H22N2O/c1-3-4-7-11(2)14(17)16-10-12-8-5-6-9-13(12)15/h5-6,8-9,11H,3-4,7,10,15H2,1-2H3,(H,16,17). The van der Waals surface area contributed by atoms with Gasteiger partial charge in [0.1, 0.15) is 0 Å². The molecule has 0 bridgehead atoms. The van der Waals surface area contributed by atoms with E-state index in [0.717, 1.165) is 30.5 Å². The summed E-state index contributed by atoms with van der Waals surface area (Å²) in [6, 6.07) is 7.61. The molecule has 94 valence electrons. The van der Waals surface area contributed by atoms with Crippen LogP contribution in [0.2, 0.25) is 0 Å². The number of anilines is 1. The third kappa shape index (κ3) is 4.47. The lowest BCUT2D eigenvalue weighted by Crippen LogP contribution is -2.28. The van der Waals surface area contributed by atoms with E-state index in [4.69, 9.17) is 5.73 Å². The first kappa shape index (κ1) is 13.6. The Morgan fingerprint density at radius 3 is 2.76 bits per heavy atom. The van der Waals surface area contributed by atoms with Crippen LogP contribution < -0.4 is 11.1 Å². The predicted molar refractivity (Wildman–Crippen MR) is 71.4 cm³/mol. The van der Waals surface area contributed by atoms with Crippen molar-refractivity contribution in [3.05, 3.63) is 29.8 Å². The van der Waals surface area contributed by atoms with Gasteiger partial charge in [-0.25, -0.2) is 0 Å². The number of rotatable bonds is 6. The summed E-state index contributed by atoms with van der Waals surface area (Å²) in [5.41, 5.74) is 7.52. The Labute approximate surface area is 103 Å². The Kier molecular flexibility index (Phi) is 5.53. The second-order valence-electron chi connectivity index (χ2n) is 4.46. The maximum atomic E-state index is 11.8. The fourth-order valence-corrected chi connectivity index (χ4v) is 1.69. The normalized spacial score (nSPS) is 12.1. The van der Waals surface area contributed by atoms with Gasteiger partial charge in [0.2, 0.25) is 5.91 Å². The Hall–Kier alpha value is -1.51. The van der Waals surface area contributed by atoms with Crippen LogP contribution in [0.1, 0.15) is 38.7 Å². The highest BCUT2D eigenvalue weighted by molar-refractivity contribution is 5.78. The van der Waals surface area contributed by atoms with Crippen LogP contribution in [-0.2, 0) is 11.3 Å².